The highest BCUT2D eigenvalue weighted by atomic mass is 32.7. The molecule has 18 rings (SSSR count). The van der Waals surface area contributed by atoms with E-state index in [2.05, 4.69) is 112 Å². The number of halogens is 3. The van der Waals surface area contributed by atoms with E-state index in [4.69, 9.17) is 148 Å². The van der Waals surface area contributed by atoms with Crippen molar-refractivity contribution in [1.82, 2.24) is 123 Å². The van der Waals surface area contributed by atoms with Crippen LogP contribution in [0.15, 0.2) is 64.7 Å². The fourth-order valence-corrected chi connectivity index (χ4v) is 22.4. The maximum atomic E-state index is 15.9. The van der Waals surface area contributed by atoms with Gasteiger partial charge >= 0.3 is 43.0 Å². The molecule has 6 aliphatic heterocycles. The monoisotopic (exact) mass is 2120 g/mol. The fourth-order valence-electron chi connectivity index (χ4n) is 15.1. The number of anilines is 6. The van der Waals surface area contributed by atoms with E-state index in [1.807, 2.05) is 0 Å². The predicted molar refractivity (Wildman–Crippen MR) is 473 cm³/mol. The van der Waals surface area contributed by atoms with Crippen LogP contribution in [-0.2, 0) is 127 Å². The minimum Gasteiger partial charge on any atom is -0.389 e. The van der Waals surface area contributed by atoms with Gasteiger partial charge in [0.05, 0.1) is 106 Å². The first kappa shape index (κ1) is 100. The highest BCUT2D eigenvalue weighted by molar-refractivity contribution is 8.44. The van der Waals surface area contributed by atoms with E-state index in [9.17, 15) is 52.8 Å². The Morgan fingerprint density at radius 1 is 0.559 bits per heavy atom. The normalized spacial score (nSPS) is 28.7. The number of phosphoric ester groups is 1. The van der Waals surface area contributed by atoms with Crippen LogP contribution in [0, 0.1) is 0 Å². The average Bonchev–Trinajstić information content (AvgIpc) is 1.63. The van der Waals surface area contributed by atoms with Gasteiger partial charge < -0.3 is 106 Å². The molecular formula is C62H79F3N31O29P6S5+. The number of phosphoric acid groups is 1. The number of ether oxygens (including phenoxy) is 6. The lowest BCUT2D eigenvalue weighted by Crippen LogP contribution is -2.36. The lowest BCUT2D eigenvalue weighted by molar-refractivity contribution is -0.0512. The van der Waals surface area contributed by atoms with Crippen molar-refractivity contribution >= 4 is 194 Å². The molecule has 74 heteroatoms. The zero-order chi connectivity index (χ0) is 97.1. The first-order valence-corrected chi connectivity index (χ1v) is 53.4. The number of aliphatic hydroxyl groups is 1. The van der Waals surface area contributed by atoms with E-state index in [0.717, 1.165) is 43.2 Å². The van der Waals surface area contributed by atoms with Crippen LogP contribution in [0.1, 0.15) is 73.2 Å². The molecular weight excluding hydrogens is 2050 g/mol. The Kier molecular flexibility index (Phi) is 30.3. The van der Waals surface area contributed by atoms with Crippen LogP contribution in [0.2, 0.25) is 0 Å². The largest absolute Gasteiger partial charge is 0.694 e. The second-order valence-electron chi connectivity index (χ2n) is 29.8. The van der Waals surface area contributed by atoms with Gasteiger partial charge in [-0.1, -0.05) is 17.5 Å². The molecule has 136 heavy (non-hydrogen) atoms. The smallest absolute Gasteiger partial charge is 0.389 e. The molecule has 12 aromatic heterocycles. The number of thioether (sulfide) groups is 1. The van der Waals surface area contributed by atoms with Crippen LogP contribution in [0.5, 0.6) is 0 Å². The van der Waals surface area contributed by atoms with Gasteiger partial charge in [0.1, 0.15) is 85.4 Å². The number of rotatable bonds is 33. The van der Waals surface area contributed by atoms with Gasteiger partial charge in [0.2, 0.25) is 23.8 Å². The average molecular weight is 2130 g/mol. The second kappa shape index (κ2) is 41.0. The van der Waals surface area contributed by atoms with Gasteiger partial charge in [-0.2, -0.15) is 29.7 Å². The summed E-state index contributed by atoms with van der Waals surface area (Å²) < 4.78 is 183. The molecule has 0 amide bonds. The fraction of sp³-hybridized carbons (Fsp3) is 0.532. The molecule has 12 aromatic rings. The number of imidazole rings is 4. The van der Waals surface area contributed by atoms with E-state index in [1.54, 1.807) is 12.4 Å². The van der Waals surface area contributed by atoms with E-state index >= 15 is 13.2 Å². The molecule has 60 nitrogen and oxygen atoms in total. The maximum absolute atomic E-state index is 15.9. The number of aliphatic hydroxyl groups excluding tert-OH is 1. The molecule has 18 heterocycles. The Bertz CT molecular complexity index is 6910. The SMILES string of the molecule is COP(=O)(O)OC[C@H]1O[C@@H](n2cnc3c(=O)[nH]c(N)nc32)[C@H](OP(O)(=S)OC[C@@H]2C[C@H](F)[C@H](n3cnc4c(N)ncnc43)O2)[C@@H]1F.COP(O)(=S)OC[C@H]1O[C@@H](n2cnc3c(=O)[nH]c(N)nc32)[C@H](OP(=O)(S)OC[C@@H]2CC[C@H](c3cnn4c(N)ncnc34)O2)[C@@H]1F.CO[C@H]1C[C@H](c2cnc3c(N)ncnn23)O[C@@H]1COP(O)(=S)O[C@@H]1[C@H](O)[C@@H](CO[P+](=O)O)S[C@H]1n1nnc2c(=O)[nH]c(N)nc21. The van der Waals surface area contributed by atoms with Gasteiger partial charge in [0, 0.05) is 44.3 Å². The lowest BCUT2D eigenvalue weighted by atomic mass is 10.1. The van der Waals surface area contributed by atoms with Crippen molar-refractivity contribution in [3.8, 4) is 0 Å². The zero-order valence-electron chi connectivity index (χ0n) is 69.5. The van der Waals surface area contributed by atoms with Crippen LogP contribution >= 0.6 is 67.0 Å². The Hall–Kier alpha value is -8.49. The van der Waals surface area contributed by atoms with Crippen molar-refractivity contribution in [2.24, 2.45) is 0 Å². The van der Waals surface area contributed by atoms with Crippen LogP contribution in [0.3, 0.4) is 0 Å². The minimum absolute atomic E-state index is 0.0377. The van der Waals surface area contributed by atoms with E-state index in [1.165, 1.54) is 55.3 Å². The van der Waals surface area contributed by atoms with Gasteiger partial charge in [0.25, 0.3) is 16.7 Å². The summed E-state index contributed by atoms with van der Waals surface area (Å²) in [7, 11) is -3.98. The van der Waals surface area contributed by atoms with Crippen molar-refractivity contribution in [1.29, 1.82) is 0 Å². The summed E-state index contributed by atoms with van der Waals surface area (Å²) in [4.78, 5) is 143. The molecule has 0 radical (unpaired) electrons. The van der Waals surface area contributed by atoms with Crippen LogP contribution in [0.4, 0.5) is 48.6 Å². The first-order chi connectivity index (χ1) is 64.6. The highest BCUT2D eigenvalue weighted by Gasteiger charge is 2.55. The molecule has 0 spiro atoms. The summed E-state index contributed by atoms with van der Waals surface area (Å²) in [6.45, 7) is -19.1. The number of methoxy groups -OCH3 is 1. The number of alkyl halides is 3. The number of hydrogen-bond acceptors (Lipinski definition) is 50. The lowest BCUT2D eigenvalue weighted by Gasteiger charge is -2.27. The number of nitrogens with two attached hydrogens (primary N) is 6. The van der Waals surface area contributed by atoms with Crippen molar-refractivity contribution in [2.75, 3.05) is 95.4 Å². The van der Waals surface area contributed by atoms with E-state index in [0.29, 0.717) is 41.8 Å². The number of thiol groups is 1. The standard InChI is InChI=1S/C21H26F2N10O10P2S.C21H27FN10O9P2S2.C20H25N11O10P2S2/c1-38-44(35,36)39-4-10-11(23)14(20(42-10)33-7-29-13-17(33)30-21(25)31-18(13)34)43-45(37,46)40-3-8-2-9(22)19(41-8)32-6-28-12-15(24)26-5-27-16(12)32;1-36-42(34,44)38-6-12-13(22)15(19(40-12)31-8-27-14-17(31)29-20(23)30-18(14)33)41-43(35,45)37-5-9-2-3-11(39-9)10-4-28-32-16(10)25-7-26-21(32)24;1-37-9-2-8(7-3-23-17-15(21)24-6-25-30(7)17)40-10(9)4-39-43(36,44)41-14-13(32)11(5-38-42(34)35)45-19(14)31-16-12(28-29-31)18(33)27-20(22)26-16/h5-11,14,19-20H,2-4H2,1H3,(H,35,36)(H,37,46)(H2,24,26,27)(H3,25,30,31,34);4,7-9,11-13,15,19H,2-3,5-6H2,1H3,(H,34,44)(H,35,45)(H2,24,25,26)(H3,23,29,30,33);3,6,8-11,13-14,19,32H,2,4-5H2,1H3,(H6-,21,22,24,25,26,27,29,33,34,35,36,44)/p+1/t8-,9-,10+,11+,14+,19+,20+,45?;9-,11+,12+,13+,15+,19+,42?,43?;8-,9+,10-,11-,13-,14-,19-,43?/m001/s1. The third-order valence-corrected chi connectivity index (χ3v) is 30.6. The molecule has 26 atom stereocenters. The summed E-state index contributed by atoms with van der Waals surface area (Å²) >= 11 is 20.3. The molecule has 6 unspecified atom stereocenters. The summed E-state index contributed by atoms with van der Waals surface area (Å²) in [6, 6.07) is 0. The summed E-state index contributed by atoms with van der Waals surface area (Å²) in [5, 5.41) is 25.5. The topological polar surface area (TPSA) is 819 Å². The summed E-state index contributed by atoms with van der Waals surface area (Å²) in [5.74, 6) is -0.272. The van der Waals surface area contributed by atoms with Crippen molar-refractivity contribution in [3.63, 3.8) is 0 Å². The zero-order valence-corrected chi connectivity index (χ0v) is 79.0. The second-order valence-corrected chi connectivity index (χ2v) is 44.9. The quantitative estimate of drug-likeness (QED) is 0.0196. The molecule has 0 bridgehead atoms. The third kappa shape index (κ3) is 21.8. The van der Waals surface area contributed by atoms with E-state index < -0.39 is 201 Å². The number of aromatic amines is 3. The highest BCUT2D eigenvalue weighted by Crippen LogP contribution is 2.60. The number of nitrogen functional groups attached to an aromatic ring is 6. The Morgan fingerprint density at radius 3 is 1.76 bits per heavy atom. The Morgan fingerprint density at radius 2 is 1.12 bits per heavy atom. The van der Waals surface area contributed by atoms with Crippen molar-refractivity contribution in [3.05, 3.63) is 92.7 Å². The van der Waals surface area contributed by atoms with Crippen LogP contribution in [-0.4, -0.2) is 298 Å². The van der Waals surface area contributed by atoms with Gasteiger partial charge in [-0.3, -0.25) is 70.2 Å². The van der Waals surface area contributed by atoms with Gasteiger partial charge in [-0.05, 0) is 48.3 Å². The van der Waals surface area contributed by atoms with Gasteiger partial charge in [-0.15, -0.1) is 26.3 Å². The van der Waals surface area contributed by atoms with Crippen LogP contribution in [0.25, 0.3) is 55.9 Å². The maximum Gasteiger partial charge on any atom is 0.694 e. The molecule has 6 saturated heterocycles. The number of fused-ring (bicyclic) bond motifs is 6. The molecule has 6 aliphatic rings. The van der Waals surface area contributed by atoms with Gasteiger partial charge in [-0.25, -0.2) is 76.4 Å². The summed E-state index contributed by atoms with van der Waals surface area (Å²) in [5.41, 5.74) is 34.6. The molecule has 736 valence electrons. The number of nitrogens with zero attached hydrogens (tertiary/aromatic N) is 22. The number of hydrogen-bond donors (Lipinski definition) is 16. The molecule has 0 saturated carbocycles. The Balaban J connectivity index is 0.000000148. The number of nitrogens with one attached hydrogen (secondary N) is 3. The number of H-pyrrole nitrogens is 3. The third-order valence-electron chi connectivity index (χ3n) is 21.3. The van der Waals surface area contributed by atoms with Crippen molar-refractivity contribution in [2.45, 2.75) is 147 Å². The van der Waals surface area contributed by atoms with Crippen LogP contribution < -0.4 is 51.1 Å². The molecule has 6 fully saturated rings. The predicted octanol–water partition coefficient (Wildman–Crippen LogP) is 0.486. The number of aromatic nitrogens is 25. The van der Waals surface area contributed by atoms with Gasteiger partial charge in [0.15, 0.2) is 93.1 Å². The summed E-state index contributed by atoms with van der Waals surface area (Å²) in [6.07, 6.45) is -10.7. The van der Waals surface area contributed by atoms with Crippen molar-refractivity contribution < 1.29 is 135 Å². The molecule has 0 aromatic carbocycles. The first-order valence-electron chi connectivity index (χ1n) is 39.3. The molecule has 21 N–H and O–H groups in total. The Labute approximate surface area is 781 Å². The van der Waals surface area contributed by atoms with E-state index in [-0.39, 0.29) is 106 Å². The molecule has 0 aliphatic carbocycles. The minimum atomic E-state index is -4.54.